The van der Waals surface area contributed by atoms with Crippen LogP contribution in [0.15, 0.2) is 71.9 Å². The zero-order chi connectivity index (χ0) is 29.0. The average molecular weight is 550 g/mol. The highest BCUT2D eigenvalue weighted by Gasteiger charge is 2.24. The molecule has 3 aromatic heterocycles. The number of hydrogen-bond acceptors (Lipinski definition) is 5. The van der Waals surface area contributed by atoms with Crippen LogP contribution in [-0.2, 0) is 24.8 Å². The summed E-state index contributed by atoms with van der Waals surface area (Å²) < 4.78 is 3.87. The first-order valence-electron chi connectivity index (χ1n) is 14.5. The first-order valence-corrected chi connectivity index (χ1v) is 14.5. The molecule has 0 fully saturated rings. The normalized spacial score (nSPS) is 11.7. The van der Waals surface area contributed by atoms with Crippen molar-refractivity contribution in [3.05, 3.63) is 100.0 Å². The van der Waals surface area contributed by atoms with E-state index in [1.165, 1.54) is 11.1 Å². The second-order valence-electron chi connectivity index (χ2n) is 11.6. The number of pyridine rings is 1. The maximum absolute atomic E-state index is 14.2. The highest BCUT2D eigenvalue weighted by Crippen LogP contribution is 2.32. The summed E-state index contributed by atoms with van der Waals surface area (Å²) in [5, 5.41) is 14.3. The molecular formula is C33H39N7O. The SMILES string of the molecule is CCCCc1cn(-c2c(CCC)cccc2C(C)(C)C)c(=O)n1Cc1ccc(-c2cnccc2-c2nnn[nH]2)cc1. The number of tetrazole rings is 1. The summed E-state index contributed by atoms with van der Waals surface area (Å²) in [6.07, 6.45) is 10.6. The molecule has 0 saturated heterocycles. The third-order valence-corrected chi connectivity index (χ3v) is 7.56. The maximum Gasteiger partial charge on any atom is 0.333 e. The number of H-pyrrole nitrogens is 1. The Labute approximate surface area is 241 Å². The molecule has 5 rings (SSSR count). The third kappa shape index (κ3) is 5.92. The van der Waals surface area contributed by atoms with Gasteiger partial charge in [-0.2, -0.15) is 0 Å². The molecule has 0 aliphatic carbocycles. The van der Waals surface area contributed by atoms with Crippen molar-refractivity contribution in [2.75, 3.05) is 0 Å². The average Bonchev–Trinajstić information content (AvgIpc) is 3.61. The minimum Gasteiger partial charge on any atom is -0.292 e. The molecular weight excluding hydrogens is 510 g/mol. The van der Waals surface area contributed by atoms with Gasteiger partial charge in [0.15, 0.2) is 5.82 Å². The molecule has 3 heterocycles. The highest BCUT2D eigenvalue weighted by molar-refractivity contribution is 5.79. The summed E-state index contributed by atoms with van der Waals surface area (Å²) in [6.45, 7) is 11.5. The second kappa shape index (κ2) is 12.0. The van der Waals surface area contributed by atoms with Crippen LogP contribution in [-0.4, -0.2) is 34.7 Å². The molecule has 0 radical (unpaired) electrons. The lowest BCUT2D eigenvalue weighted by Crippen LogP contribution is -2.27. The predicted octanol–water partition coefficient (Wildman–Crippen LogP) is 6.52. The van der Waals surface area contributed by atoms with Gasteiger partial charge in [-0.05, 0) is 63.4 Å². The van der Waals surface area contributed by atoms with Gasteiger partial charge < -0.3 is 0 Å². The van der Waals surface area contributed by atoms with E-state index in [2.05, 4.69) is 109 Å². The lowest BCUT2D eigenvalue weighted by atomic mass is 9.84. The number of rotatable bonds is 10. The van der Waals surface area contributed by atoms with Crippen molar-refractivity contribution >= 4 is 0 Å². The van der Waals surface area contributed by atoms with E-state index in [0.717, 1.165) is 65.7 Å². The van der Waals surface area contributed by atoms with Crippen LogP contribution in [0.3, 0.4) is 0 Å². The number of unbranched alkanes of at least 4 members (excludes halogenated alkanes) is 1. The number of nitrogens with zero attached hydrogens (tertiary/aromatic N) is 6. The zero-order valence-electron chi connectivity index (χ0n) is 24.7. The van der Waals surface area contributed by atoms with E-state index in [1.807, 2.05) is 21.4 Å². The van der Waals surface area contributed by atoms with Gasteiger partial charge >= 0.3 is 5.69 Å². The van der Waals surface area contributed by atoms with Crippen LogP contribution in [0, 0.1) is 0 Å². The topological polar surface area (TPSA) is 94.3 Å². The number of benzene rings is 2. The van der Waals surface area contributed by atoms with Crippen LogP contribution in [0.4, 0.5) is 0 Å². The van der Waals surface area contributed by atoms with Crippen LogP contribution in [0.2, 0.25) is 0 Å². The first-order chi connectivity index (χ1) is 19.8. The van der Waals surface area contributed by atoms with Gasteiger partial charge in [0.2, 0.25) is 0 Å². The number of aryl methyl sites for hydroxylation is 2. The van der Waals surface area contributed by atoms with E-state index in [0.29, 0.717) is 12.4 Å². The standard InChI is InChI=1S/C33H39N7O/c1-6-8-12-26-22-40(30-25(10-7-2)11-9-13-29(30)33(3,4)5)32(41)39(26)21-23-14-16-24(17-15-23)28-20-34-19-18-27(28)31-35-37-38-36-31/h9,11,13-20,22H,6-8,10,12,21H2,1-5H3,(H,35,36,37,38). The Morgan fingerprint density at radius 2 is 1.73 bits per heavy atom. The van der Waals surface area contributed by atoms with Gasteiger partial charge in [0, 0.05) is 35.4 Å². The number of aromatic amines is 1. The molecule has 2 aromatic carbocycles. The van der Waals surface area contributed by atoms with Crippen molar-refractivity contribution in [1.82, 2.24) is 34.7 Å². The fourth-order valence-electron chi connectivity index (χ4n) is 5.44. The summed E-state index contributed by atoms with van der Waals surface area (Å²) in [5.74, 6) is 0.595. The minimum absolute atomic E-state index is 0.0154. The summed E-state index contributed by atoms with van der Waals surface area (Å²) in [7, 11) is 0. The molecule has 1 N–H and O–H groups in total. The third-order valence-electron chi connectivity index (χ3n) is 7.56. The molecule has 0 amide bonds. The summed E-state index contributed by atoms with van der Waals surface area (Å²) in [6, 6.07) is 16.7. The van der Waals surface area contributed by atoms with Crippen LogP contribution in [0.25, 0.3) is 28.2 Å². The van der Waals surface area contributed by atoms with Crippen molar-refractivity contribution in [2.45, 2.75) is 78.7 Å². The molecule has 0 aliphatic rings. The zero-order valence-corrected chi connectivity index (χ0v) is 24.7. The lowest BCUT2D eigenvalue weighted by Gasteiger charge is -2.25. The Balaban J connectivity index is 1.54. The van der Waals surface area contributed by atoms with E-state index in [9.17, 15) is 4.79 Å². The Morgan fingerprint density at radius 1 is 0.927 bits per heavy atom. The van der Waals surface area contributed by atoms with Gasteiger partial charge in [0.1, 0.15) is 0 Å². The van der Waals surface area contributed by atoms with Gasteiger partial charge in [-0.25, -0.2) is 9.89 Å². The Kier molecular flexibility index (Phi) is 8.28. The van der Waals surface area contributed by atoms with Crippen LogP contribution in [0.5, 0.6) is 0 Å². The number of para-hydroxylation sites is 1. The maximum atomic E-state index is 14.2. The van der Waals surface area contributed by atoms with Crippen molar-refractivity contribution < 1.29 is 0 Å². The van der Waals surface area contributed by atoms with Gasteiger partial charge in [-0.3, -0.25) is 14.1 Å². The molecule has 0 spiro atoms. The predicted molar refractivity (Wildman–Crippen MR) is 163 cm³/mol. The van der Waals surface area contributed by atoms with Gasteiger partial charge in [0.25, 0.3) is 0 Å². The molecule has 0 unspecified atom stereocenters. The number of hydrogen-bond donors (Lipinski definition) is 1. The van der Waals surface area contributed by atoms with E-state index < -0.39 is 0 Å². The molecule has 5 aromatic rings. The molecule has 8 nitrogen and oxygen atoms in total. The van der Waals surface area contributed by atoms with Crippen LogP contribution in [0.1, 0.15) is 76.3 Å². The second-order valence-corrected chi connectivity index (χ2v) is 11.6. The largest absolute Gasteiger partial charge is 0.333 e. The Morgan fingerprint density at radius 3 is 2.41 bits per heavy atom. The molecule has 0 atom stereocenters. The van der Waals surface area contributed by atoms with Gasteiger partial charge in [-0.15, -0.1) is 5.10 Å². The Bertz CT molecular complexity index is 1660. The lowest BCUT2D eigenvalue weighted by molar-refractivity contribution is 0.583. The fraction of sp³-hybridized carbons (Fsp3) is 0.364. The van der Waals surface area contributed by atoms with Crippen LogP contribution >= 0.6 is 0 Å². The first kappa shape index (κ1) is 28.2. The number of nitrogens with one attached hydrogen (secondary N) is 1. The van der Waals surface area contributed by atoms with Gasteiger partial charge in [0.05, 0.1) is 12.2 Å². The van der Waals surface area contributed by atoms with E-state index >= 15 is 0 Å². The van der Waals surface area contributed by atoms with Crippen LogP contribution < -0.4 is 5.69 Å². The number of imidazole rings is 1. The molecule has 0 bridgehead atoms. The smallest absolute Gasteiger partial charge is 0.292 e. The quantitative estimate of drug-likeness (QED) is 0.214. The summed E-state index contributed by atoms with van der Waals surface area (Å²) in [5.41, 5.74) is 8.35. The summed E-state index contributed by atoms with van der Waals surface area (Å²) >= 11 is 0. The Hall–Kier alpha value is -4.33. The molecule has 8 heteroatoms. The van der Waals surface area contributed by atoms with E-state index in [-0.39, 0.29) is 11.1 Å². The van der Waals surface area contributed by atoms with E-state index in [1.54, 1.807) is 6.20 Å². The van der Waals surface area contributed by atoms with Crippen molar-refractivity contribution in [3.8, 4) is 28.2 Å². The van der Waals surface area contributed by atoms with E-state index in [4.69, 9.17) is 0 Å². The minimum atomic E-state index is -0.0903. The monoisotopic (exact) mass is 549 g/mol. The fourth-order valence-corrected chi connectivity index (χ4v) is 5.44. The number of aromatic nitrogens is 7. The van der Waals surface area contributed by atoms with Crippen molar-refractivity contribution in [3.63, 3.8) is 0 Å². The molecule has 41 heavy (non-hydrogen) atoms. The van der Waals surface area contributed by atoms with Crippen molar-refractivity contribution in [1.29, 1.82) is 0 Å². The summed E-state index contributed by atoms with van der Waals surface area (Å²) in [4.78, 5) is 18.5. The van der Waals surface area contributed by atoms with Gasteiger partial charge in [-0.1, -0.05) is 89.9 Å². The molecule has 0 saturated carbocycles. The van der Waals surface area contributed by atoms with Crippen molar-refractivity contribution in [2.24, 2.45) is 0 Å². The highest BCUT2D eigenvalue weighted by atomic mass is 16.1. The molecule has 212 valence electrons. The molecule has 0 aliphatic heterocycles.